The van der Waals surface area contributed by atoms with Crippen molar-refractivity contribution in [3.63, 3.8) is 0 Å². The standard InChI is InChI=1S/C9H6ClNO2/c10-6-2-1-5-3-7(11)9(12)13-8(5)4-6/h1-4H,11H2. The number of hydrogen-bond donors (Lipinski definition) is 1. The lowest BCUT2D eigenvalue weighted by Crippen LogP contribution is -2.05. The average Bonchev–Trinajstić information content (AvgIpc) is 2.08. The minimum atomic E-state index is -0.533. The smallest absolute Gasteiger partial charge is 0.359 e. The number of fused-ring (bicyclic) bond motifs is 1. The van der Waals surface area contributed by atoms with Gasteiger partial charge in [0, 0.05) is 16.5 Å². The molecule has 0 atom stereocenters. The van der Waals surface area contributed by atoms with Gasteiger partial charge in [0.25, 0.3) is 0 Å². The maximum Gasteiger partial charge on any atom is 0.359 e. The summed E-state index contributed by atoms with van der Waals surface area (Å²) in [6.45, 7) is 0. The monoisotopic (exact) mass is 195 g/mol. The molecule has 4 heteroatoms. The second-order valence-corrected chi connectivity index (χ2v) is 3.11. The molecule has 2 N–H and O–H groups in total. The maximum absolute atomic E-state index is 11.0. The third kappa shape index (κ3) is 1.38. The van der Waals surface area contributed by atoms with E-state index in [1.165, 1.54) is 0 Å². The summed E-state index contributed by atoms with van der Waals surface area (Å²) < 4.78 is 4.91. The number of nitrogens with two attached hydrogens (primary N) is 1. The van der Waals surface area contributed by atoms with Crippen molar-refractivity contribution < 1.29 is 4.42 Å². The van der Waals surface area contributed by atoms with Crippen LogP contribution in [0, 0.1) is 0 Å². The Morgan fingerprint density at radius 1 is 1.31 bits per heavy atom. The Balaban J connectivity index is 2.89. The predicted molar refractivity (Wildman–Crippen MR) is 51.9 cm³/mol. The van der Waals surface area contributed by atoms with Gasteiger partial charge in [-0.1, -0.05) is 11.6 Å². The summed E-state index contributed by atoms with van der Waals surface area (Å²) >= 11 is 5.72. The molecular weight excluding hydrogens is 190 g/mol. The van der Waals surface area contributed by atoms with Gasteiger partial charge in [-0.05, 0) is 18.2 Å². The van der Waals surface area contributed by atoms with Crippen LogP contribution >= 0.6 is 11.6 Å². The molecular formula is C9H6ClNO2. The minimum Gasteiger partial charge on any atom is -0.421 e. The van der Waals surface area contributed by atoms with Crippen LogP contribution in [-0.2, 0) is 0 Å². The maximum atomic E-state index is 11.0. The molecule has 1 aromatic heterocycles. The highest BCUT2D eigenvalue weighted by Crippen LogP contribution is 2.18. The lowest BCUT2D eigenvalue weighted by atomic mass is 10.2. The Morgan fingerprint density at radius 2 is 2.08 bits per heavy atom. The number of hydrogen-bond acceptors (Lipinski definition) is 3. The van der Waals surface area contributed by atoms with Gasteiger partial charge in [0.2, 0.25) is 0 Å². The second-order valence-electron chi connectivity index (χ2n) is 2.67. The molecule has 0 aliphatic rings. The number of rotatable bonds is 0. The topological polar surface area (TPSA) is 56.2 Å². The molecule has 0 bridgehead atoms. The van der Waals surface area contributed by atoms with E-state index < -0.39 is 5.63 Å². The van der Waals surface area contributed by atoms with Gasteiger partial charge in [-0.2, -0.15) is 0 Å². The Bertz CT molecular complexity index is 518. The number of benzene rings is 1. The Hall–Kier alpha value is -1.48. The fraction of sp³-hybridized carbons (Fsp3) is 0. The van der Waals surface area contributed by atoms with Gasteiger partial charge in [0.1, 0.15) is 11.3 Å². The van der Waals surface area contributed by atoms with E-state index in [4.69, 9.17) is 21.8 Å². The SMILES string of the molecule is Nc1cc2ccc(Cl)cc2oc1=O. The Kier molecular flexibility index (Phi) is 1.74. The average molecular weight is 196 g/mol. The second kappa shape index (κ2) is 2.78. The molecule has 13 heavy (non-hydrogen) atoms. The van der Waals surface area contributed by atoms with Gasteiger partial charge >= 0.3 is 5.63 Å². The molecule has 0 amide bonds. The summed E-state index contributed by atoms with van der Waals surface area (Å²) in [5.41, 5.74) is 5.41. The molecule has 0 radical (unpaired) electrons. The van der Waals surface area contributed by atoms with Crippen molar-refractivity contribution in [1.29, 1.82) is 0 Å². The van der Waals surface area contributed by atoms with Gasteiger partial charge in [-0.25, -0.2) is 4.79 Å². The highest BCUT2D eigenvalue weighted by atomic mass is 35.5. The normalized spacial score (nSPS) is 10.5. The van der Waals surface area contributed by atoms with Crippen LogP contribution in [0.4, 0.5) is 5.69 Å². The van der Waals surface area contributed by atoms with Crippen molar-refractivity contribution in [3.8, 4) is 0 Å². The van der Waals surface area contributed by atoms with Gasteiger partial charge in [-0.15, -0.1) is 0 Å². The Morgan fingerprint density at radius 3 is 2.85 bits per heavy atom. The lowest BCUT2D eigenvalue weighted by molar-refractivity contribution is 0.564. The summed E-state index contributed by atoms with van der Waals surface area (Å²) in [5.74, 6) is 0. The first-order valence-corrected chi connectivity index (χ1v) is 4.03. The first-order chi connectivity index (χ1) is 6.16. The summed E-state index contributed by atoms with van der Waals surface area (Å²) in [7, 11) is 0. The molecule has 66 valence electrons. The van der Waals surface area contributed by atoms with Gasteiger partial charge in [-0.3, -0.25) is 0 Å². The molecule has 1 aromatic carbocycles. The van der Waals surface area contributed by atoms with E-state index in [9.17, 15) is 4.79 Å². The molecule has 0 saturated heterocycles. The quantitative estimate of drug-likeness (QED) is 0.655. The van der Waals surface area contributed by atoms with Crippen molar-refractivity contribution in [2.24, 2.45) is 0 Å². The summed E-state index contributed by atoms with van der Waals surface area (Å²) in [6, 6.07) is 6.61. The molecule has 0 spiro atoms. The Labute approximate surface area is 78.7 Å². The molecule has 0 fully saturated rings. The van der Waals surface area contributed by atoms with Crippen molar-refractivity contribution in [2.75, 3.05) is 5.73 Å². The molecule has 1 heterocycles. The number of halogens is 1. The van der Waals surface area contributed by atoms with Crippen LogP contribution < -0.4 is 11.4 Å². The fourth-order valence-electron chi connectivity index (χ4n) is 1.10. The van der Waals surface area contributed by atoms with Crippen LogP contribution in [0.3, 0.4) is 0 Å². The van der Waals surface area contributed by atoms with E-state index in [2.05, 4.69) is 0 Å². The molecule has 0 aliphatic heterocycles. The third-order valence-corrected chi connectivity index (χ3v) is 1.96. The highest BCUT2D eigenvalue weighted by molar-refractivity contribution is 6.31. The first kappa shape index (κ1) is 8.13. The summed E-state index contributed by atoms with van der Waals surface area (Å²) in [6.07, 6.45) is 0. The van der Waals surface area contributed by atoms with Crippen molar-refractivity contribution >= 4 is 28.3 Å². The van der Waals surface area contributed by atoms with E-state index in [1.54, 1.807) is 24.3 Å². The third-order valence-electron chi connectivity index (χ3n) is 1.72. The van der Waals surface area contributed by atoms with E-state index in [-0.39, 0.29) is 5.69 Å². The molecule has 0 aliphatic carbocycles. The van der Waals surface area contributed by atoms with E-state index >= 15 is 0 Å². The molecule has 0 unspecified atom stereocenters. The summed E-state index contributed by atoms with van der Waals surface area (Å²) in [4.78, 5) is 11.0. The van der Waals surface area contributed by atoms with Crippen LogP contribution in [0.15, 0.2) is 33.5 Å². The zero-order chi connectivity index (χ0) is 9.42. The summed E-state index contributed by atoms with van der Waals surface area (Å²) in [5, 5.41) is 1.29. The van der Waals surface area contributed by atoms with Crippen molar-refractivity contribution in [1.82, 2.24) is 0 Å². The number of anilines is 1. The van der Waals surface area contributed by atoms with Crippen LogP contribution in [0.5, 0.6) is 0 Å². The van der Waals surface area contributed by atoms with Gasteiger partial charge in [0.15, 0.2) is 0 Å². The van der Waals surface area contributed by atoms with Crippen LogP contribution in [0.1, 0.15) is 0 Å². The van der Waals surface area contributed by atoms with Crippen LogP contribution in [0.2, 0.25) is 5.02 Å². The van der Waals surface area contributed by atoms with Crippen LogP contribution in [0.25, 0.3) is 11.0 Å². The minimum absolute atomic E-state index is 0.106. The molecule has 2 rings (SSSR count). The lowest BCUT2D eigenvalue weighted by Gasteiger charge is -1.97. The van der Waals surface area contributed by atoms with Gasteiger partial charge < -0.3 is 10.2 Å². The zero-order valence-electron chi connectivity index (χ0n) is 6.58. The fourth-order valence-corrected chi connectivity index (χ4v) is 1.26. The molecule has 2 aromatic rings. The van der Waals surface area contributed by atoms with Gasteiger partial charge in [0.05, 0.1) is 0 Å². The number of nitrogen functional groups attached to an aromatic ring is 1. The molecule has 3 nitrogen and oxygen atoms in total. The van der Waals surface area contributed by atoms with Crippen molar-refractivity contribution in [2.45, 2.75) is 0 Å². The zero-order valence-corrected chi connectivity index (χ0v) is 7.34. The molecule has 0 saturated carbocycles. The van der Waals surface area contributed by atoms with E-state index in [1.807, 2.05) is 0 Å². The first-order valence-electron chi connectivity index (χ1n) is 3.66. The van der Waals surface area contributed by atoms with E-state index in [0.717, 1.165) is 5.39 Å². The van der Waals surface area contributed by atoms with E-state index in [0.29, 0.717) is 10.6 Å². The van der Waals surface area contributed by atoms with Crippen LogP contribution in [-0.4, -0.2) is 0 Å². The largest absolute Gasteiger partial charge is 0.421 e. The highest BCUT2D eigenvalue weighted by Gasteiger charge is 2.01. The van der Waals surface area contributed by atoms with Crippen molar-refractivity contribution in [3.05, 3.63) is 39.7 Å². The predicted octanol–water partition coefficient (Wildman–Crippen LogP) is 2.03.